The maximum atomic E-state index is 11.6. The number of anilines is 4. The van der Waals surface area contributed by atoms with Gasteiger partial charge in [-0.05, 0) is 104 Å². The lowest BCUT2D eigenvalue weighted by Gasteiger charge is -2.27. The first kappa shape index (κ1) is 45.6. The highest BCUT2D eigenvalue weighted by atomic mass is 16.1. The van der Waals surface area contributed by atoms with Gasteiger partial charge >= 0.3 is 0 Å². The summed E-state index contributed by atoms with van der Waals surface area (Å²) in [4.78, 5) is 46.4. The van der Waals surface area contributed by atoms with Gasteiger partial charge in [0.25, 0.3) is 0 Å². The first-order chi connectivity index (χ1) is 28.2. The molecule has 0 radical (unpaired) electrons. The van der Waals surface area contributed by atoms with E-state index in [4.69, 9.17) is 25.7 Å². The molecule has 2 saturated heterocycles. The van der Waals surface area contributed by atoms with Crippen LogP contribution >= 0.6 is 0 Å². The van der Waals surface area contributed by atoms with Gasteiger partial charge in [0.1, 0.15) is 11.6 Å². The zero-order chi connectivity index (χ0) is 43.8. The highest BCUT2D eigenvalue weighted by Crippen LogP contribution is 2.23. The number of benzene rings is 2. The van der Waals surface area contributed by atoms with Crippen molar-refractivity contribution in [3.8, 4) is 6.07 Å². The number of aromatic nitrogens is 6. The molecule has 0 bridgehead atoms. The van der Waals surface area contributed by atoms with E-state index in [1.807, 2.05) is 51.4 Å². The number of rotatable bonds is 13. The number of nitrogens with one attached hydrogen (secondary N) is 3. The number of nitrogens with zero attached hydrogens (tertiary/aromatic N) is 10. The molecule has 4 heterocycles. The van der Waals surface area contributed by atoms with Crippen LogP contribution in [-0.4, -0.2) is 113 Å². The molecule has 2 aliphatic heterocycles. The number of likely N-dealkylation sites (tertiary alicyclic amines) is 1. The molecule has 4 aromatic rings. The summed E-state index contributed by atoms with van der Waals surface area (Å²) in [6.45, 7) is 22.8. The lowest BCUT2D eigenvalue weighted by molar-refractivity contribution is 0.1000. The van der Waals surface area contributed by atoms with Crippen molar-refractivity contribution in [2.45, 2.75) is 93.2 Å². The average Bonchev–Trinajstić information content (AvgIpc) is 3.83. The van der Waals surface area contributed by atoms with Gasteiger partial charge in [0.2, 0.25) is 29.7 Å². The molecule has 2 aliphatic rings. The second-order valence-electron chi connectivity index (χ2n) is 18.9. The van der Waals surface area contributed by atoms with Crippen molar-refractivity contribution in [1.29, 1.82) is 5.26 Å². The molecule has 1 amide bonds. The van der Waals surface area contributed by atoms with Crippen LogP contribution in [0.25, 0.3) is 0 Å². The highest BCUT2D eigenvalue weighted by Gasteiger charge is 2.24. The number of likely N-dealkylation sites (N-methyl/N-ethyl adjacent to an activating group) is 1. The molecule has 0 spiro atoms. The van der Waals surface area contributed by atoms with E-state index in [1.165, 1.54) is 0 Å². The number of carbonyl (C=O) groups excluding carboxylic acids is 1. The van der Waals surface area contributed by atoms with Crippen molar-refractivity contribution >= 4 is 29.7 Å². The van der Waals surface area contributed by atoms with Crippen LogP contribution in [0, 0.1) is 36.0 Å². The zero-order valence-corrected chi connectivity index (χ0v) is 37.6. The van der Waals surface area contributed by atoms with E-state index in [9.17, 15) is 10.1 Å². The van der Waals surface area contributed by atoms with Gasteiger partial charge in [0.05, 0.1) is 11.6 Å². The molecule has 1 unspecified atom stereocenters. The molecule has 2 aromatic heterocycles. The third-order valence-corrected chi connectivity index (χ3v) is 10.4. The summed E-state index contributed by atoms with van der Waals surface area (Å²) < 4.78 is 0. The molecule has 15 nitrogen and oxygen atoms in total. The number of aryl methyl sites for hydroxylation is 2. The Morgan fingerprint density at radius 1 is 0.817 bits per heavy atom. The SMILES string of the molecule is Cc1ccc(C#N)cc1Cc1nc(NC2CCN(C)C2)nc(N(C)CC(C)(C)C)n1.Cc1ccc(C(N)=O)cc1Cc1nc(N[C@@H]2CCNC2)nc(N(C)CC(C)(C)C)n1. The number of amides is 1. The van der Waals surface area contributed by atoms with E-state index in [2.05, 4.69) is 102 Å². The van der Waals surface area contributed by atoms with E-state index in [-0.39, 0.29) is 10.8 Å². The van der Waals surface area contributed by atoms with Crippen molar-refractivity contribution in [1.82, 2.24) is 40.1 Å². The van der Waals surface area contributed by atoms with E-state index in [1.54, 1.807) is 6.07 Å². The van der Waals surface area contributed by atoms with Crippen molar-refractivity contribution in [3.63, 3.8) is 0 Å². The van der Waals surface area contributed by atoms with Crippen LogP contribution in [0.5, 0.6) is 0 Å². The van der Waals surface area contributed by atoms with Crippen LogP contribution in [0.1, 0.15) is 104 Å². The van der Waals surface area contributed by atoms with Crippen LogP contribution in [0.3, 0.4) is 0 Å². The Labute approximate surface area is 357 Å². The summed E-state index contributed by atoms with van der Waals surface area (Å²) in [5, 5.41) is 19.6. The van der Waals surface area contributed by atoms with Crippen molar-refractivity contribution in [2.24, 2.45) is 16.6 Å². The second-order valence-corrected chi connectivity index (χ2v) is 18.9. The minimum Gasteiger partial charge on any atom is -0.366 e. The molecule has 2 fully saturated rings. The van der Waals surface area contributed by atoms with Gasteiger partial charge in [-0.2, -0.15) is 35.2 Å². The monoisotopic (exact) mass is 819 g/mol. The fraction of sp³-hybridized carbons (Fsp3) is 0.556. The Balaban J connectivity index is 0.000000228. The first-order valence-electron chi connectivity index (χ1n) is 21.0. The Hall–Kier alpha value is -5.46. The fourth-order valence-electron chi connectivity index (χ4n) is 7.49. The van der Waals surface area contributed by atoms with E-state index in [0.717, 1.165) is 74.4 Å². The van der Waals surface area contributed by atoms with Crippen LogP contribution in [0.4, 0.5) is 23.8 Å². The molecular weight excluding hydrogens is 753 g/mol. The average molecular weight is 819 g/mol. The number of hydrogen-bond acceptors (Lipinski definition) is 14. The number of carbonyl (C=O) groups is 1. The third-order valence-electron chi connectivity index (χ3n) is 10.4. The van der Waals surface area contributed by atoms with Crippen LogP contribution < -0.4 is 31.5 Å². The quantitative estimate of drug-likeness (QED) is 0.135. The van der Waals surface area contributed by atoms with Gasteiger partial charge in [-0.1, -0.05) is 53.7 Å². The van der Waals surface area contributed by atoms with Crippen molar-refractivity contribution in [3.05, 3.63) is 81.4 Å². The van der Waals surface area contributed by atoms with Gasteiger partial charge < -0.3 is 36.4 Å². The molecule has 0 aliphatic carbocycles. The predicted octanol–water partition coefficient (Wildman–Crippen LogP) is 5.37. The number of nitrogens with two attached hydrogens (primary N) is 1. The molecule has 322 valence electrons. The topological polar surface area (TPSA) is 190 Å². The Morgan fingerprint density at radius 3 is 1.82 bits per heavy atom. The van der Waals surface area contributed by atoms with Gasteiger partial charge in [-0.25, -0.2) is 0 Å². The highest BCUT2D eigenvalue weighted by molar-refractivity contribution is 5.93. The molecule has 0 saturated carbocycles. The fourth-order valence-corrected chi connectivity index (χ4v) is 7.49. The smallest absolute Gasteiger partial charge is 0.248 e. The van der Waals surface area contributed by atoms with Crippen LogP contribution in [0.2, 0.25) is 0 Å². The Kier molecular flexibility index (Phi) is 15.0. The Morgan fingerprint density at radius 2 is 1.35 bits per heavy atom. The van der Waals surface area contributed by atoms with E-state index < -0.39 is 5.91 Å². The predicted molar refractivity (Wildman–Crippen MR) is 241 cm³/mol. The molecule has 2 atom stereocenters. The lowest BCUT2D eigenvalue weighted by atomic mass is 9.96. The zero-order valence-electron chi connectivity index (χ0n) is 37.6. The van der Waals surface area contributed by atoms with Crippen LogP contribution in [-0.2, 0) is 12.8 Å². The largest absolute Gasteiger partial charge is 0.366 e. The van der Waals surface area contributed by atoms with Gasteiger partial charge in [0, 0.05) is 70.8 Å². The van der Waals surface area contributed by atoms with E-state index in [0.29, 0.717) is 71.5 Å². The summed E-state index contributed by atoms with van der Waals surface area (Å²) in [7, 11) is 6.16. The standard InChI is InChI=1S/C23H33N7.C22H33N7O/c1-16-7-8-17(13-24)11-18(16)12-20-26-21(25-19-9-10-29(5)14-19)28-22(27-20)30(6)15-23(2,3)4;1-14-6-7-15(19(23)30)10-16(14)11-18-26-20(25-17-8-9-24-12-17)28-21(27-18)29(5)13-22(2,3)4/h7-8,11,19H,9-10,12,14-15H2,1-6H3,(H,25,26,27,28);6-7,10,17,24H,8-9,11-13H2,1-5H3,(H2,23,30)(H,25,26,27,28)/t;17-/m.1/s1. The molecular formula is C45H66N14O. The summed E-state index contributed by atoms with van der Waals surface area (Å²) >= 11 is 0. The van der Waals surface area contributed by atoms with E-state index >= 15 is 0 Å². The minimum atomic E-state index is -0.436. The normalized spacial score (nSPS) is 16.8. The van der Waals surface area contributed by atoms with Crippen molar-refractivity contribution < 1.29 is 4.79 Å². The van der Waals surface area contributed by atoms with Gasteiger partial charge in [-0.3, -0.25) is 4.79 Å². The maximum absolute atomic E-state index is 11.6. The number of hydrogen-bond donors (Lipinski definition) is 4. The minimum absolute atomic E-state index is 0.108. The van der Waals surface area contributed by atoms with Gasteiger partial charge in [0.15, 0.2) is 0 Å². The summed E-state index contributed by atoms with van der Waals surface area (Å²) in [5.41, 5.74) is 11.1. The molecule has 2 aromatic carbocycles. The second kappa shape index (κ2) is 19.7. The Bertz CT molecular complexity index is 2130. The summed E-state index contributed by atoms with van der Waals surface area (Å²) in [6.07, 6.45) is 3.19. The van der Waals surface area contributed by atoms with Crippen molar-refractivity contribution in [2.75, 3.05) is 80.8 Å². The molecule has 15 heteroatoms. The molecule has 60 heavy (non-hydrogen) atoms. The maximum Gasteiger partial charge on any atom is 0.248 e. The number of primary amides is 1. The summed E-state index contributed by atoms with van der Waals surface area (Å²) in [6, 6.07) is 14.1. The lowest BCUT2D eigenvalue weighted by Crippen LogP contribution is -2.31. The number of nitriles is 1. The summed E-state index contributed by atoms with van der Waals surface area (Å²) in [5.74, 6) is 3.49. The third kappa shape index (κ3) is 13.8. The molecule has 6 rings (SSSR count). The molecule has 5 N–H and O–H groups in total. The van der Waals surface area contributed by atoms with Crippen LogP contribution in [0.15, 0.2) is 36.4 Å². The van der Waals surface area contributed by atoms with Gasteiger partial charge in [-0.15, -0.1) is 0 Å². The first-order valence-corrected chi connectivity index (χ1v) is 21.0.